The summed E-state index contributed by atoms with van der Waals surface area (Å²) in [5, 5.41) is 3.39. The molecular formula is C12H24N4. The summed E-state index contributed by atoms with van der Waals surface area (Å²) in [4.78, 5) is 6.58. The van der Waals surface area contributed by atoms with Crippen LogP contribution in [0.2, 0.25) is 0 Å². The molecule has 92 valence electrons. The highest BCUT2D eigenvalue weighted by Gasteiger charge is 1.99. The maximum Gasteiger partial charge on any atom is 0.0949 e. The van der Waals surface area contributed by atoms with Gasteiger partial charge < -0.3 is 14.8 Å². The second-order valence-electron chi connectivity index (χ2n) is 4.41. The van der Waals surface area contributed by atoms with Gasteiger partial charge in [0.2, 0.25) is 0 Å². The molecule has 0 saturated heterocycles. The minimum Gasteiger partial charge on any atom is -0.336 e. The van der Waals surface area contributed by atoms with Gasteiger partial charge in [-0.25, -0.2) is 4.98 Å². The summed E-state index contributed by atoms with van der Waals surface area (Å²) in [6, 6.07) is 0. The van der Waals surface area contributed by atoms with Gasteiger partial charge >= 0.3 is 0 Å². The Kier molecular flexibility index (Phi) is 6.11. The van der Waals surface area contributed by atoms with Gasteiger partial charge in [-0.2, -0.15) is 0 Å². The van der Waals surface area contributed by atoms with E-state index in [1.807, 2.05) is 6.33 Å². The molecule has 1 aromatic heterocycles. The van der Waals surface area contributed by atoms with E-state index in [1.54, 1.807) is 0 Å². The van der Waals surface area contributed by atoms with E-state index in [-0.39, 0.29) is 0 Å². The van der Waals surface area contributed by atoms with Gasteiger partial charge in [0.05, 0.1) is 12.0 Å². The zero-order valence-electron chi connectivity index (χ0n) is 10.7. The summed E-state index contributed by atoms with van der Waals surface area (Å²) in [6.07, 6.45) is 6.29. The first-order valence-electron chi connectivity index (χ1n) is 6.08. The van der Waals surface area contributed by atoms with E-state index in [4.69, 9.17) is 0 Å². The molecule has 0 saturated carbocycles. The number of nitrogens with one attached hydrogen (secondary N) is 1. The van der Waals surface area contributed by atoms with Crippen LogP contribution >= 0.6 is 0 Å². The molecule has 0 aliphatic carbocycles. The van der Waals surface area contributed by atoms with E-state index >= 15 is 0 Å². The van der Waals surface area contributed by atoms with Crippen LogP contribution in [0.15, 0.2) is 12.5 Å². The van der Waals surface area contributed by atoms with Gasteiger partial charge in [-0.15, -0.1) is 0 Å². The van der Waals surface area contributed by atoms with Crippen LogP contribution in [0, 0.1) is 0 Å². The van der Waals surface area contributed by atoms with Crippen molar-refractivity contribution in [2.75, 3.05) is 33.7 Å². The first kappa shape index (κ1) is 13.2. The van der Waals surface area contributed by atoms with Gasteiger partial charge in [0.15, 0.2) is 0 Å². The van der Waals surface area contributed by atoms with Crippen LogP contribution < -0.4 is 5.32 Å². The third-order valence-electron chi connectivity index (χ3n) is 2.48. The lowest BCUT2D eigenvalue weighted by molar-refractivity contribution is 0.383. The number of aromatic nitrogens is 2. The van der Waals surface area contributed by atoms with Crippen molar-refractivity contribution in [1.82, 2.24) is 19.8 Å². The minimum atomic E-state index is 1.02. The fraction of sp³-hybridized carbons (Fsp3) is 0.750. The Morgan fingerprint density at radius 1 is 1.38 bits per heavy atom. The second-order valence-corrected chi connectivity index (χ2v) is 4.41. The number of rotatable bonds is 8. The molecule has 0 aliphatic heterocycles. The Balaban J connectivity index is 2.22. The highest BCUT2D eigenvalue weighted by molar-refractivity contribution is 4.97. The van der Waals surface area contributed by atoms with E-state index in [9.17, 15) is 0 Å². The molecule has 16 heavy (non-hydrogen) atoms. The minimum absolute atomic E-state index is 1.02. The molecule has 0 radical (unpaired) electrons. The van der Waals surface area contributed by atoms with Gasteiger partial charge in [-0.3, -0.25) is 0 Å². The van der Waals surface area contributed by atoms with E-state index in [0.29, 0.717) is 0 Å². The number of hydrogen-bond acceptors (Lipinski definition) is 3. The Hall–Kier alpha value is -0.870. The van der Waals surface area contributed by atoms with Crippen LogP contribution in [0.1, 0.15) is 19.0 Å². The van der Waals surface area contributed by atoms with E-state index in [1.165, 1.54) is 12.1 Å². The first-order chi connectivity index (χ1) is 7.72. The Morgan fingerprint density at radius 2 is 2.19 bits per heavy atom. The summed E-state index contributed by atoms with van der Waals surface area (Å²) in [5.74, 6) is 0. The van der Waals surface area contributed by atoms with Gasteiger partial charge in [0, 0.05) is 32.3 Å². The molecule has 0 bridgehead atoms. The molecule has 0 aromatic carbocycles. The lowest BCUT2D eigenvalue weighted by atomic mass is 10.3. The topological polar surface area (TPSA) is 33.1 Å². The molecule has 0 atom stereocenters. The number of likely N-dealkylation sites (N-methyl/N-ethyl adjacent to an activating group) is 1. The number of nitrogens with zero attached hydrogens (tertiary/aromatic N) is 3. The zero-order chi connectivity index (χ0) is 11.8. The van der Waals surface area contributed by atoms with E-state index in [0.717, 1.165) is 32.6 Å². The van der Waals surface area contributed by atoms with Gasteiger partial charge in [0.1, 0.15) is 0 Å². The summed E-state index contributed by atoms with van der Waals surface area (Å²) in [5.41, 5.74) is 1.18. The van der Waals surface area contributed by atoms with Crippen molar-refractivity contribution in [1.29, 1.82) is 0 Å². The monoisotopic (exact) mass is 224 g/mol. The molecule has 0 spiro atoms. The second kappa shape index (κ2) is 7.41. The molecule has 0 amide bonds. The SMILES string of the molecule is CCCNCCc1cn(CCN(C)C)cn1. The highest BCUT2D eigenvalue weighted by Crippen LogP contribution is 1.97. The smallest absolute Gasteiger partial charge is 0.0949 e. The molecule has 4 heteroatoms. The summed E-state index contributed by atoms with van der Waals surface area (Å²) >= 11 is 0. The third kappa shape index (κ3) is 5.28. The predicted molar refractivity (Wildman–Crippen MR) is 67.6 cm³/mol. The quantitative estimate of drug-likeness (QED) is 0.668. The van der Waals surface area contributed by atoms with Crippen LogP contribution in [0.25, 0.3) is 0 Å². The van der Waals surface area contributed by atoms with Crippen LogP contribution in [-0.4, -0.2) is 48.2 Å². The fourth-order valence-electron chi connectivity index (χ4n) is 1.49. The lowest BCUT2D eigenvalue weighted by Crippen LogP contribution is -2.18. The molecule has 1 N–H and O–H groups in total. The van der Waals surface area contributed by atoms with Crippen LogP contribution in [0.5, 0.6) is 0 Å². The van der Waals surface area contributed by atoms with E-state index in [2.05, 4.69) is 47.0 Å². The molecule has 0 aliphatic rings. The maximum atomic E-state index is 4.40. The largest absolute Gasteiger partial charge is 0.336 e. The maximum absolute atomic E-state index is 4.40. The fourth-order valence-corrected chi connectivity index (χ4v) is 1.49. The van der Waals surface area contributed by atoms with Gasteiger partial charge in [0.25, 0.3) is 0 Å². The van der Waals surface area contributed by atoms with Crippen LogP contribution in [-0.2, 0) is 13.0 Å². The van der Waals surface area contributed by atoms with Crippen molar-refractivity contribution in [3.05, 3.63) is 18.2 Å². The average Bonchev–Trinajstić information content (AvgIpc) is 2.70. The molecule has 1 heterocycles. The normalized spacial score (nSPS) is 11.2. The Morgan fingerprint density at radius 3 is 2.88 bits per heavy atom. The lowest BCUT2D eigenvalue weighted by Gasteiger charge is -2.08. The average molecular weight is 224 g/mol. The van der Waals surface area contributed by atoms with Crippen LogP contribution in [0.4, 0.5) is 0 Å². The summed E-state index contributed by atoms with van der Waals surface area (Å²) < 4.78 is 2.16. The van der Waals surface area contributed by atoms with Crippen molar-refractivity contribution in [3.8, 4) is 0 Å². The predicted octanol–water partition coefficient (Wildman–Crippen LogP) is 0.987. The molecule has 1 aromatic rings. The van der Waals surface area contributed by atoms with Gasteiger partial charge in [-0.1, -0.05) is 6.92 Å². The van der Waals surface area contributed by atoms with Crippen molar-refractivity contribution in [2.45, 2.75) is 26.3 Å². The summed E-state index contributed by atoms with van der Waals surface area (Å²) in [7, 11) is 4.18. The Bertz CT molecular complexity index is 280. The van der Waals surface area contributed by atoms with Crippen molar-refractivity contribution in [2.24, 2.45) is 0 Å². The number of hydrogen-bond donors (Lipinski definition) is 1. The molecule has 0 fully saturated rings. The molecule has 4 nitrogen and oxygen atoms in total. The zero-order valence-corrected chi connectivity index (χ0v) is 10.7. The van der Waals surface area contributed by atoms with Crippen molar-refractivity contribution < 1.29 is 0 Å². The Labute approximate surface area is 98.7 Å². The van der Waals surface area contributed by atoms with E-state index < -0.39 is 0 Å². The number of imidazole rings is 1. The highest BCUT2D eigenvalue weighted by atomic mass is 15.1. The standard InChI is InChI=1S/C12H24N4/c1-4-6-13-7-5-12-10-16(11-14-12)9-8-15(2)3/h10-11,13H,4-9H2,1-3H3. The van der Waals surface area contributed by atoms with Crippen molar-refractivity contribution in [3.63, 3.8) is 0 Å². The summed E-state index contributed by atoms with van der Waals surface area (Å²) in [6.45, 7) is 6.38. The van der Waals surface area contributed by atoms with Crippen molar-refractivity contribution >= 4 is 0 Å². The molecular weight excluding hydrogens is 200 g/mol. The van der Waals surface area contributed by atoms with Gasteiger partial charge in [-0.05, 0) is 27.1 Å². The molecule has 1 rings (SSSR count). The van der Waals surface area contributed by atoms with Crippen LogP contribution in [0.3, 0.4) is 0 Å². The first-order valence-corrected chi connectivity index (χ1v) is 6.08. The molecule has 0 unspecified atom stereocenters. The third-order valence-corrected chi connectivity index (χ3v) is 2.48.